The van der Waals surface area contributed by atoms with E-state index in [1.807, 2.05) is 29.9 Å². The van der Waals surface area contributed by atoms with Crippen molar-refractivity contribution in [3.8, 4) is 11.5 Å². The molecule has 0 unspecified atom stereocenters. The topological polar surface area (TPSA) is 82.4 Å². The van der Waals surface area contributed by atoms with Gasteiger partial charge in [-0.25, -0.2) is 4.98 Å². The number of methoxy groups -OCH3 is 1. The Hall–Kier alpha value is -2.19. The predicted molar refractivity (Wildman–Crippen MR) is 92.5 cm³/mol. The van der Waals surface area contributed by atoms with Crippen LogP contribution in [0.15, 0.2) is 24.5 Å². The van der Waals surface area contributed by atoms with Crippen LogP contribution in [0.4, 0.5) is 5.82 Å². The van der Waals surface area contributed by atoms with Gasteiger partial charge in [0.25, 0.3) is 0 Å². The van der Waals surface area contributed by atoms with E-state index in [1.165, 1.54) is 7.11 Å². The molecule has 0 aliphatic carbocycles. The van der Waals surface area contributed by atoms with Gasteiger partial charge in [0.05, 0.1) is 20.3 Å². The van der Waals surface area contributed by atoms with Gasteiger partial charge in [-0.05, 0) is 12.1 Å². The first-order chi connectivity index (χ1) is 11.6. The molecule has 0 bridgehead atoms. The molecule has 0 aromatic carbocycles. The molecule has 2 aromatic rings. The summed E-state index contributed by atoms with van der Waals surface area (Å²) in [6, 6.07) is 3.82. The number of hydrogen-bond donors (Lipinski definition) is 0. The Labute approximate surface area is 151 Å². The minimum atomic E-state index is -0.589. The van der Waals surface area contributed by atoms with E-state index in [4.69, 9.17) is 9.47 Å². The number of nitrogens with zero attached hydrogens (tertiary/aromatic N) is 5. The van der Waals surface area contributed by atoms with Crippen LogP contribution in [0.25, 0.3) is 11.5 Å². The van der Waals surface area contributed by atoms with Crippen LogP contribution in [0.3, 0.4) is 0 Å². The summed E-state index contributed by atoms with van der Waals surface area (Å²) in [6.45, 7) is 2.23. The lowest BCUT2D eigenvalue weighted by Gasteiger charge is -2.24. The van der Waals surface area contributed by atoms with Gasteiger partial charge in [0.1, 0.15) is 11.1 Å². The van der Waals surface area contributed by atoms with Crippen LogP contribution < -0.4 is 4.90 Å². The number of esters is 1. The summed E-state index contributed by atoms with van der Waals surface area (Å²) in [5, 5.41) is 8.62. The maximum atomic E-state index is 12.3. The molecule has 2 aliphatic rings. The highest BCUT2D eigenvalue weighted by atomic mass is 35.5. The number of halogens is 1. The monoisotopic (exact) mass is 365 g/mol. The molecule has 2 aromatic heterocycles. The van der Waals surface area contributed by atoms with Crippen molar-refractivity contribution >= 4 is 24.2 Å². The first kappa shape index (κ1) is 17.6. The van der Waals surface area contributed by atoms with Gasteiger partial charge < -0.3 is 18.9 Å². The molecule has 0 saturated carbocycles. The largest absolute Gasteiger partial charge is 0.468 e. The third kappa shape index (κ3) is 2.75. The van der Waals surface area contributed by atoms with Crippen molar-refractivity contribution in [1.82, 2.24) is 19.7 Å². The van der Waals surface area contributed by atoms with E-state index in [1.54, 1.807) is 6.20 Å². The highest BCUT2D eigenvalue weighted by molar-refractivity contribution is 5.85. The van der Waals surface area contributed by atoms with Crippen LogP contribution in [0, 0.1) is 11.3 Å². The third-order valence-corrected chi connectivity index (χ3v) is 4.99. The molecule has 0 spiro atoms. The lowest BCUT2D eigenvalue weighted by Crippen LogP contribution is -2.40. The summed E-state index contributed by atoms with van der Waals surface area (Å²) in [5.74, 6) is 1.45. The van der Waals surface area contributed by atoms with Gasteiger partial charge in [-0.15, -0.1) is 22.6 Å². The zero-order valence-electron chi connectivity index (χ0n) is 14.1. The molecule has 2 saturated heterocycles. The molecule has 4 rings (SSSR count). The molecule has 0 amide bonds. The number of anilines is 1. The second kappa shape index (κ2) is 6.61. The van der Waals surface area contributed by atoms with Crippen molar-refractivity contribution in [1.29, 1.82) is 0 Å². The minimum absolute atomic E-state index is 0. The molecule has 25 heavy (non-hydrogen) atoms. The maximum Gasteiger partial charge on any atom is 0.316 e. The molecule has 2 atom stereocenters. The maximum absolute atomic E-state index is 12.3. The molecular weight excluding hydrogens is 346 g/mol. The van der Waals surface area contributed by atoms with E-state index >= 15 is 0 Å². The molecule has 2 fully saturated rings. The summed E-state index contributed by atoms with van der Waals surface area (Å²) in [5.41, 5.74) is 0.131. The number of fused-ring (bicyclic) bond motifs is 1. The second-order valence-electron chi connectivity index (χ2n) is 6.38. The number of carbonyl (C=O) groups is 1. The summed E-state index contributed by atoms with van der Waals surface area (Å²) < 4.78 is 12.4. The average Bonchev–Trinajstić information content (AvgIpc) is 3.28. The van der Waals surface area contributed by atoms with Gasteiger partial charge in [0.15, 0.2) is 11.6 Å². The van der Waals surface area contributed by atoms with Crippen molar-refractivity contribution in [2.24, 2.45) is 18.4 Å². The Morgan fingerprint density at radius 2 is 2.24 bits per heavy atom. The van der Waals surface area contributed by atoms with Crippen molar-refractivity contribution in [3.05, 3.63) is 24.5 Å². The molecule has 8 nitrogen and oxygen atoms in total. The van der Waals surface area contributed by atoms with Gasteiger partial charge in [0, 0.05) is 38.4 Å². The standard InChI is InChI=1S/C16H19N5O3.ClH/c1-20-6-5-17-14(20)12-3-4-13(19-18-12)21-7-11-8-24-10-16(11,9-21)15(22)23-2;/h3-6,11H,7-10H2,1-2H3;1H/t11-,16-;/m0./s1. The Bertz CT molecular complexity index is 765. The highest BCUT2D eigenvalue weighted by Crippen LogP contribution is 2.43. The molecule has 4 heterocycles. The first-order valence-corrected chi connectivity index (χ1v) is 7.86. The molecule has 0 N–H and O–H groups in total. The number of hydrogen-bond acceptors (Lipinski definition) is 7. The van der Waals surface area contributed by atoms with Crippen LogP contribution in [0.2, 0.25) is 0 Å². The Morgan fingerprint density at radius 3 is 2.88 bits per heavy atom. The van der Waals surface area contributed by atoms with Crippen LogP contribution in [-0.2, 0) is 21.3 Å². The van der Waals surface area contributed by atoms with E-state index in [2.05, 4.69) is 20.1 Å². The van der Waals surface area contributed by atoms with Crippen LogP contribution >= 0.6 is 12.4 Å². The summed E-state index contributed by atoms with van der Waals surface area (Å²) in [6.07, 6.45) is 3.60. The highest BCUT2D eigenvalue weighted by Gasteiger charge is 2.57. The quantitative estimate of drug-likeness (QED) is 0.748. The SMILES string of the molecule is COC(=O)[C@@]12COC[C@@H]1CN(c1ccc(-c3nccn3C)nn1)C2.Cl. The Morgan fingerprint density at radius 1 is 1.40 bits per heavy atom. The van der Waals surface area contributed by atoms with Crippen LogP contribution in [-0.4, -0.2) is 59.1 Å². The van der Waals surface area contributed by atoms with Gasteiger partial charge in [-0.1, -0.05) is 0 Å². The smallest absolute Gasteiger partial charge is 0.316 e. The van der Waals surface area contributed by atoms with Crippen LogP contribution in [0.5, 0.6) is 0 Å². The van der Waals surface area contributed by atoms with Gasteiger partial charge in [0.2, 0.25) is 0 Å². The Kier molecular flexibility index (Phi) is 4.66. The number of ether oxygens (including phenoxy) is 2. The number of aryl methyl sites for hydroxylation is 1. The molecule has 9 heteroatoms. The number of imidazole rings is 1. The van der Waals surface area contributed by atoms with Gasteiger partial charge in [-0.3, -0.25) is 4.79 Å². The van der Waals surface area contributed by atoms with E-state index < -0.39 is 5.41 Å². The lowest BCUT2D eigenvalue weighted by molar-refractivity contribution is -0.152. The van der Waals surface area contributed by atoms with E-state index in [9.17, 15) is 4.79 Å². The normalized spacial score (nSPS) is 24.7. The van der Waals surface area contributed by atoms with Crippen molar-refractivity contribution in [3.63, 3.8) is 0 Å². The van der Waals surface area contributed by atoms with Crippen molar-refractivity contribution < 1.29 is 14.3 Å². The van der Waals surface area contributed by atoms with Crippen LogP contribution in [0.1, 0.15) is 0 Å². The lowest BCUT2D eigenvalue weighted by atomic mass is 9.81. The fourth-order valence-corrected chi connectivity index (χ4v) is 3.63. The second-order valence-corrected chi connectivity index (χ2v) is 6.38. The first-order valence-electron chi connectivity index (χ1n) is 7.86. The molecule has 134 valence electrons. The third-order valence-electron chi connectivity index (χ3n) is 4.99. The summed E-state index contributed by atoms with van der Waals surface area (Å²) in [4.78, 5) is 18.6. The molecule has 0 radical (unpaired) electrons. The summed E-state index contributed by atoms with van der Waals surface area (Å²) in [7, 11) is 3.34. The number of rotatable bonds is 3. The van der Waals surface area contributed by atoms with E-state index in [0.717, 1.165) is 17.3 Å². The van der Waals surface area contributed by atoms with Crippen molar-refractivity contribution in [2.45, 2.75) is 0 Å². The van der Waals surface area contributed by atoms with Gasteiger partial charge >= 0.3 is 5.97 Å². The molecule has 2 aliphatic heterocycles. The predicted octanol–water partition coefficient (Wildman–Crippen LogP) is 0.925. The fraction of sp³-hybridized carbons (Fsp3) is 0.500. The fourth-order valence-electron chi connectivity index (χ4n) is 3.63. The number of carbonyl (C=O) groups excluding carboxylic acids is 1. The minimum Gasteiger partial charge on any atom is -0.468 e. The van der Waals surface area contributed by atoms with Crippen molar-refractivity contribution in [2.75, 3.05) is 38.3 Å². The van der Waals surface area contributed by atoms with E-state index in [-0.39, 0.29) is 24.3 Å². The van der Waals surface area contributed by atoms with Gasteiger partial charge in [-0.2, -0.15) is 0 Å². The molecular formula is C16H20ClN5O3. The summed E-state index contributed by atoms with van der Waals surface area (Å²) >= 11 is 0. The number of aromatic nitrogens is 4. The van der Waals surface area contributed by atoms with E-state index in [0.29, 0.717) is 26.3 Å². The Balaban J connectivity index is 0.00000182. The zero-order chi connectivity index (χ0) is 16.7. The zero-order valence-corrected chi connectivity index (χ0v) is 14.9. The average molecular weight is 366 g/mol.